The molecule has 19 heavy (non-hydrogen) atoms. The van der Waals surface area contributed by atoms with Crippen molar-refractivity contribution in [3.63, 3.8) is 0 Å². The van der Waals surface area contributed by atoms with Crippen LogP contribution in [0.2, 0.25) is 0 Å². The van der Waals surface area contributed by atoms with Crippen LogP contribution in [-0.4, -0.2) is 13.2 Å². The Morgan fingerprint density at radius 2 is 1.68 bits per heavy atom. The maximum Gasteiger partial charge on any atom is 0.119 e. The van der Waals surface area contributed by atoms with Crippen molar-refractivity contribution in [1.29, 1.82) is 0 Å². The van der Waals surface area contributed by atoms with Crippen molar-refractivity contribution >= 4 is 0 Å². The van der Waals surface area contributed by atoms with Crippen molar-refractivity contribution in [3.05, 3.63) is 29.8 Å². The molecule has 0 saturated heterocycles. The van der Waals surface area contributed by atoms with Crippen LogP contribution in [0.1, 0.15) is 46.1 Å². The third-order valence-electron chi connectivity index (χ3n) is 3.00. The third kappa shape index (κ3) is 7.89. The van der Waals surface area contributed by atoms with E-state index < -0.39 is 0 Å². The van der Waals surface area contributed by atoms with Crippen LogP contribution in [0.4, 0.5) is 0 Å². The average molecular weight is 263 g/mol. The number of benzene rings is 1. The van der Waals surface area contributed by atoms with Crippen LogP contribution in [0.5, 0.6) is 5.75 Å². The van der Waals surface area contributed by atoms with Gasteiger partial charge in [-0.05, 0) is 48.9 Å². The van der Waals surface area contributed by atoms with Crippen LogP contribution < -0.4 is 10.1 Å². The van der Waals surface area contributed by atoms with Gasteiger partial charge in [-0.1, -0.05) is 39.8 Å². The second kappa shape index (κ2) is 8.98. The van der Waals surface area contributed by atoms with Gasteiger partial charge >= 0.3 is 0 Å². The summed E-state index contributed by atoms with van der Waals surface area (Å²) in [5.74, 6) is 2.44. The van der Waals surface area contributed by atoms with Crippen molar-refractivity contribution in [2.45, 2.75) is 47.1 Å². The molecule has 2 heteroatoms. The summed E-state index contributed by atoms with van der Waals surface area (Å²) in [5, 5.41) is 3.44. The lowest BCUT2D eigenvalue weighted by Gasteiger charge is -2.10. The van der Waals surface area contributed by atoms with Gasteiger partial charge < -0.3 is 10.1 Å². The van der Waals surface area contributed by atoms with E-state index in [1.165, 1.54) is 12.0 Å². The Kier molecular flexibility index (Phi) is 7.57. The molecule has 0 aliphatic rings. The van der Waals surface area contributed by atoms with Gasteiger partial charge in [0.15, 0.2) is 0 Å². The molecule has 1 aromatic carbocycles. The summed E-state index contributed by atoms with van der Waals surface area (Å²) in [6.07, 6.45) is 2.37. The van der Waals surface area contributed by atoms with Crippen LogP contribution in [-0.2, 0) is 6.54 Å². The zero-order valence-electron chi connectivity index (χ0n) is 12.9. The maximum absolute atomic E-state index is 5.73. The van der Waals surface area contributed by atoms with Gasteiger partial charge in [0, 0.05) is 6.54 Å². The van der Waals surface area contributed by atoms with Crippen LogP contribution in [0, 0.1) is 11.8 Å². The second-order valence-corrected chi connectivity index (χ2v) is 6.05. The lowest BCUT2D eigenvalue weighted by molar-refractivity contribution is 0.297. The molecular weight excluding hydrogens is 234 g/mol. The lowest BCUT2D eigenvalue weighted by atomic mass is 10.1. The molecule has 0 bridgehead atoms. The number of ether oxygens (including phenoxy) is 1. The molecule has 1 N–H and O–H groups in total. The predicted molar refractivity (Wildman–Crippen MR) is 82.6 cm³/mol. The van der Waals surface area contributed by atoms with E-state index in [9.17, 15) is 0 Å². The standard InChI is InChI=1S/C17H29NO/c1-14(2)6-5-11-19-17-9-7-16(8-10-17)13-18-12-15(3)4/h7-10,14-15,18H,5-6,11-13H2,1-4H3. The molecule has 0 fully saturated rings. The van der Waals surface area contributed by atoms with E-state index in [0.29, 0.717) is 5.92 Å². The van der Waals surface area contributed by atoms with Gasteiger partial charge in [-0.3, -0.25) is 0 Å². The quantitative estimate of drug-likeness (QED) is 0.673. The lowest BCUT2D eigenvalue weighted by Crippen LogP contribution is -2.18. The summed E-state index contributed by atoms with van der Waals surface area (Å²) in [5.41, 5.74) is 1.31. The first kappa shape index (κ1) is 16.0. The monoisotopic (exact) mass is 263 g/mol. The minimum absolute atomic E-state index is 0.698. The Hall–Kier alpha value is -1.02. The van der Waals surface area contributed by atoms with E-state index in [4.69, 9.17) is 4.74 Å². The van der Waals surface area contributed by atoms with Gasteiger partial charge in [-0.15, -0.1) is 0 Å². The summed E-state index contributed by atoms with van der Waals surface area (Å²) in [6.45, 7) is 11.8. The maximum atomic E-state index is 5.73. The van der Waals surface area contributed by atoms with E-state index in [2.05, 4.69) is 57.3 Å². The molecule has 0 atom stereocenters. The SMILES string of the molecule is CC(C)CCCOc1ccc(CNCC(C)C)cc1. The van der Waals surface area contributed by atoms with E-state index in [0.717, 1.165) is 37.8 Å². The molecule has 0 aromatic heterocycles. The first-order chi connectivity index (χ1) is 9.08. The second-order valence-electron chi connectivity index (χ2n) is 6.05. The Bertz CT molecular complexity index is 330. The minimum atomic E-state index is 0.698. The van der Waals surface area contributed by atoms with Crippen LogP contribution in [0.15, 0.2) is 24.3 Å². The molecular formula is C17H29NO. The van der Waals surface area contributed by atoms with Gasteiger partial charge in [0.2, 0.25) is 0 Å². The smallest absolute Gasteiger partial charge is 0.119 e. The highest BCUT2D eigenvalue weighted by Gasteiger charge is 1.98. The van der Waals surface area contributed by atoms with Gasteiger partial charge in [-0.25, -0.2) is 0 Å². The zero-order chi connectivity index (χ0) is 14.1. The van der Waals surface area contributed by atoms with Crippen molar-refractivity contribution in [2.24, 2.45) is 11.8 Å². The summed E-state index contributed by atoms with van der Waals surface area (Å²) < 4.78 is 5.73. The van der Waals surface area contributed by atoms with Crippen molar-refractivity contribution in [1.82, 2.24) is 5.32 Å². The highest BCUT2D eigenvalue weighted by molar-refractivity contribution is 5.27. The molecule has 2 nitrogen and oxygen atoms in total. The van der Waals surface area contributed by atoms with E-state index >= 15 is 0 Å². The highest BCUT2D eigenvalue weighted by Crippen LogP contribution is 2.13. The zero-order valence-corrected chi connectivity index (χ0v) is 12.9. The largest absolute Gasteiger partial charge is 0.494 e. The Morgan fingerprint density at radius 1 is 1.00 bits per heavy atom. The molecule has 0 aliphatic carbocycles. The summed E-state index contributed by atoms with van der Waals surface area (Å²) >= 11 is 0. The molecule has 0 spiro atoms. The molecule has 108 valence electrons. The van der Waals surface area contributed by atoms with Gasteiger partial charge in [0.05, 0.1) is 6.61 Å². The van der Waals surface area contributed by atoms with Crippen molar-refractivity contribution in [3.8, 4) is 5.75 Å². The Labute approximate surface area is 118 Å². The minimum Gasteiger partial charge on any atom is -0.494 e. The van der Waals surface area contributed by atoms with Gasteiger partial charge in [-0.2, -0.15) is 0 Å². The van der Waals surface area contributed by atoms with E-state index in [1.807, 2.05) is 0 Å². The molecule has 1 aromatic rings. The van der Waals surface area contributed by atoms with Crippen LogP contribution >= 0.6 is 0 Å². The normalized spacial score (nSPS) is 11.3. The number of nitrogens with one attached hydrogen (secondary N) is 1. The van der Waals surface area contributed by atoms with Crippen molar-refractivity contribution in [2.75, 3.05) is 13.2 Å². The average Bonchev–Trinajstić information content (AvgIpc) is 2.36. The molecule has 1 rings (SSSR count). The number of hydrogen-bond donors (Lipinski definition) is 1. The van der Waals surface area contributed by atoms with Crippen LogP contribution in [0.25, 0.3) is 0 Å². The van der Waals surface area contributed by atoms with Gasteiger partial charge in [0.25, 0.3) is 0 Å². The summed E-state index contributed by atoms with van der Waals surface area (Å²) in [7, 11) is 0. The molecule has 0 radical (unpaired) electrons. The van der Waals surface area contributed by atoms with Crippen molar-refractivity contribution < 1.29 is 4.74 Å². The Morgan fingerprint density at radius 3 is 2.26 bits per heavy atom. The number of hydrogen-bond acceptors (Lipinski definition) is 2. The van der Waals surface area contributed by atoms with E-state index in [-0.39, 0.29) is 0 Å². The number of rotatable bonds is 9. The fourth-order valence-electron chi connectivity index (χ4n) is 1.89. The highest BCUT2D eigenvalue weighted by atomic mass is 16.5. The molecule has 0 unspecified atom stereocenters. The summed E-state index contributed by atoms with van der Waals surface area (Å²) in [6, 6.07) is 8.43. The van der Waals surface area contributed by atoms with Gasteiger partial charge in [0.1, 0.15) is 5.75 Å². The first-order valence-electron chi connectivity index (χ1n) is 7.50. The molecule has 0 saturated carbocycles. The third-order valence-corrected chi connectivity index (χ3v) is 3.00. The fourth-order valence-corrected chi connectivity index (χ4v) is 1.89. The Balaban J connectivity index is 2.23. The molecule has 0 aliphatic heterocycles. The topological polar surface area (TPSA) is 21.3 Å². The predicted octanol–water partition coefficient (Wildman–Crippen LogP) is 4.25. The molecule has 0 heterocycles. The fraction of sp³-hybridized carbons (Fsp3) is 0.647. The van der Waals surface area contributed by atoms with Crippen LogP contribution in [0.3, 0.4) is 0 Å². The molecule has 0 amide bonds. The first-order valence-corrected chi connectivity index (χ1v) is 7.50. The van der Waals surface area contributed by atoms with E-state index in [1.54, 1.807) is 0 Å². The summed E-state index contributed by atoms with van der Waals surface area (Å²) in [4.78, 5) is 0.